The van der Waals surface area contributed by atoms with Crippen molar-refractivity contribution in [2.75, 3.05) is 4.90 Å². The van der Waals surface area contributed by atoms with Crippen molar-refractivity contribution >= 4 is 82.1 Å². The number of nitrogens with zero attached hydrogens (tertiary/aromatic N) is 1. The molecular weight excluding hydrogens is 583 g/mol. The van der Waals surface area contributed by atoms with Gasteiger partial charge in [-0.15, -0.1) is 0 Å². The molecule has 2 nitrogen and oxygen atoms in total. The van der Waals surface area contributed by atoms with Crippen LogP contribution in [0.2, 0.25) is 0 Å². The lowest BCUT2D eigenvalue weighted by molar-refractivity contribution is 0.672. The molecule has 2 heteroatoms. The molecule has 48 heavy (non-hydrogen) atoms. The summed E-state index contributed by atoms with van der Waals surface area (Å²) in [6.07, 6.45) is 0. The first-order valence-electron chi connectivity index (χ1n) is 16.4. The molecule has 0 saturated heterocycles. The molecule has 1 heterocycles. The molecule has 1 aromatic heterocycles. The number of anilines is 3. The van der Waals surface area contributed by atoms with E-state index in [-0.39, 0.29) is 0 Å². The van der Waals surface area contributed by atoms with Gasteiger partial charge >= 0.3 is 0 Å². The van der Waals surface area contributed by atoms with Crippen LogP contribution in [0.15, 0.2) is 180 Å². The Bertz CT molecular complexity index is 2840. The van der Waals surface area contributed by atoms with Gasteiger partial charge in [0.2, 0.25) is 0 Å². The second-order valence-corrected chi connectivity index (χ2v) is 12.5. The Morgan fingerprint density at radius 1 is 0.354 bits per heavy atom. The Morgan fingerprint density at radius 3 is 1.77 bits per heavy atom. The van der Waals surface area contributed by atoms with E-state index in [0.29, 0.717) is 0 Å². The lowest BCUT2D eigenvalue weighted by Crippen LogP contribution is -2.11. The second-order valence-electron chi connectivity index (χ2n) is 12.5. The molecule has 0 N–H and O–H groups in total. The molecule has 0 unspecified atom stereocenters. The van der Waals surface area contributed by atoms with Crippen LogP contribution in [0.1, 0.15) is 0 Å². The number of furan rings is 1. The van der Waals surface area contributed by atoms with Gasteiger partial charge in [0.05, 0.1) is 11.4 Å². The first-order chi connectivity index (χ1) is 23.8. The molecule has 0 saturated carbocycles. The van der Waals surface area contributed by atoms with Crippen molar-refractivity contribution in [2.45, 2.75) is 0 Å². The van der Waals surface area contributed by atoms with Crippen molar-refractivity contribution < 1.29 is 4.42 Å². The lowest BCUT2D eigenvalue weighted by Gasteiger charge is -2.29. The summed E-state index contributed by atoms with van der Waals surface area (Å²) < 4.78 is 6.71. The van der Waals surface area contributed by atoms with E-state index in [9.17, 15) is 0 Å². The molecule has 0 atom stereocenters. The van der Waals surface area contributed by atoms with Gasteiger partial charge in [0.25, 0.3) is 0 Å². The zero-order chi connectivity index (χ0) is 31.6. The first kappa shape index (κ1) is 26.8. The average Bonchev–Trinajstić information content (AvgIpc) is 3.54. The normalized spacial score (nSPS) is 11.8. The van der Waals surface area contributed by atoms with Crippen molar-refractivity contribution in [1.29, 1.82) is 0 Å². The van der Waals surface area contributed by atoms with Crippen LogP contribution in [0.5, 0.6) is 0 Å². The fraction of sp³-hybridized carbons (Fsp3) is 0. The molecule has 0 bridgehead atoms. The highest BCUT2D eigenvalue weighted by Gasteiger charge is 2.22. The molecule has 224 valence electrons. The highest BCUT2D eigenvalue weighted by atomic mass is 16.3. The fourth-order valence-corrected chi connectivity index (χ4v) is 7.62. The van der Waals surface area contributed by atoms with Crippen LogP contribution in [0, 0.1) is 0 Å². The van der Waals surface area contributed by atoms with Crippen molar-refractivity contribution in [3.8, 4) is 11.1 Å². The smallest absolute Gasteiger partial charge is 0.145 e. The van der Waals surface area contributed by atoms with Gasteiger partial charge in [-0.1, -0.05) is 140 Å². The zero-order valence-electron chi connectivity index (χ0n) is 26.1. The summed E-state index contributed by atoms with van der Waals surface area (Å²) in [5.41, 5.74) is 7.45. The first-order valence-corrected chi connectivity index (χ1v) is 16.4. The molecule has 0 aliphatic rings. The van der Waals surface area contributed by atoms with Crippen molar-refractivity contribution in [2.24, 2.45) is 0 Å². The molecule has 0 radical (unpaired) electrons. The zero-order valence-corrected chi connectivity index (χ0v) is 26.1. The number of para-hydroxylation sites is 1. The number of rotatable bonds is 4. The van der Waals surface area contributed by atoms with Gasteiger partial charge in [-0.05, 0) is 79.8 Å². The molecule has 0 fully saturated rings. The molecule has 0 aliphatic carbocycles. The van der Waals surface area contributed by atoms with E-state index in [1.165, 1.54) is 43.4 Å². The minimum atomic E-state index is 0.898. The van der Waals surface area contributed by atoms with Crippen LogP contribution in [0.4, 0.5) is 17.1 Å². The minimum Gasteiger partial charge on any atom is -0.455 e. The van der Waals surface area contributed by atoms with Crippen LogP contribution in [-0.2, 0) is 0 Å². The summed E-state index contributed by atoms with van der Waals surface area (Å²) >= 11 is 0. The number of hydrogen-bond acceptors (Lipinski definition) is 2. The van der Waals surface area contributed by atoms with Crippen LogP contribution in [-0.4, -0.2) is 0 Å². The van der Waals surface area contributed by atoms with Gasteiger partial charge in [0.1, 0.15) is 11.2 Å². The van der Waals surface area contributed by atoms with E-state index in [2.05, 4.69) is 175 Å². The van der Waals surface area contributed by atoms with E-state index in [1.54, 1.807) is 0 Å². The summed E-state index contributed by atoms with van der Waals surface area (Å²) in [6, 6.07) is 63.3. The lowest BCUT2D eigenvalue weighted by atomic mass is 9.94. The van der Waals surface area contributed by atoms with Gasteiger partial charge in [0.15, 0.2) is 0 Å². The maximum atomic E-state index is 6.71. The van der Waals surface area contributed by atoms with Gasteiger partial charge in [-0.25, -0.2) is 0 Å². The van der Waals surface area contributed by atoms with Crippen LogP contribution in [0.3, 0.4) is 0 Å². The van der Waals surface area contributed by atoms with Gasteiger partial charge < -0.3 is 9.32 Å². The van der Waals surface area contributed by atoms with Crippen molar-refractivity contribution in [3.05, 3.63) is 176 Å². The van der Waals surface area contributed by atoms with Gasteiger partial charge in [0, 0.05) is 27.2 Å². The molecule has 9 aromatic carbocycles. The summed E-state index contributed by atoms with van der Waals surface area (Å²) in [5, 5.41) is 11.9. The molecule has 10 aromatic rings. The van der Waals surface area contributed by atoms with Crippen molar-refractivity contribution in [3.63, 3.8) is 0 Å². The Hall–Kier alpha value is -6.38. The van der Waals surface area contributed by atoms with Crippen LogP contribution in [0.25, 0.3) is 76.2 Å². The second kappa shape index (κ2) is 10.6. The molecule has 0 spiro atoms. The fourth-order valence-electron chi connectivity index (χ4n) is 7.62. The third-order valence-corrected chi connectivity index (χ3v) is 9.79. The maximum Gasteiger partial charge on any atom is 0.145 e. The summed E-state index contributed by atoms with van der Waals surface area (Å²) in [7, 11) is 0. The molecule has 10 rings (SSSR count). The van der Waals surface area contributed by atoms with E-state index < -0.39 is 0 Å². The predicted molar refractivity (Wildman–Crippen MR) is 204 cm³/mol. The Morgan fingerprint density at radius 2 is 0.938 bits per heavy atom. The molecule has 0 aliphatic heterocycles. The van der Waals surface area contributed by atoms with Crippen molar-refractivity contribution in [1.82, 2.24) is 0 Å². The topological polar surface area (TPSA) is 16.4 Å². The standard InChI is InChI=1S/C46H29NO/c1-2-11-30(12-3-1)35-16-8-17-36(29-35)47(41-21-10-15-33-27-28-39-38-19-6-7-22-42(38)48-46(39)45(33)41)40-20-9-14-32-25-26-34-24-23-31-13-4-5-18-37(31)43(34)44(32)40/h1-29H. The predicted octanol–water partition coefficient (Wildman–Crippen LogP) is 13.3. The summed E-state index contributed by atoms with van der Waals surface area (Å²) in [4.78, 5) is 2.45. The largest absolute Gasteiger partial charge is 0.455 e. The summed E-state index contributed by atoms with van der Waals surface area (Å²) in [6.45, 7) is 0. The third-order valence-electron chi connectivity index (χ3n) is 9.79. The number of hydrogen-bond donors (Lipinski definition) is 0. The summed E-state index contributed by atoms with van der Waals surface area (Å²) in [5.74, 6) is 0. The Balaban J connectivity index is 1.36. The van der Waals surface area contributed by atoms with Crippen LogP contribution >= 0.6 is 0 Å². The molecule has 0 amide bonds. The SMILES string of the molecule is c1ccc(-c2cccc(N(c3cccc4ccc5c6ccccc6oc5c34)c3cccc4ccc5ccc6ccccc6c5c34)c2)cc1. The van der Waals surface area contributed by atoms with E-state index in [0.717, 1.165) is 49.8 Å². The quantitative estimate of drug-likeness (QED) is 0.184. The highest BCUT2D eigenvalue weighted by Crippen LogP contribution is 2.48. The third kappa shape index (κ3) is 4.06. The van der Waals surface area contributed by atoms with Gasteiger partial charge in [-0.2, -0.15) is 0 Å². The Kier molecular flexibility index (Phi) is 5.91. The monoisotopic (exact) mass is 611 g/mol. The highest BCUT2D eigenvalue weighted by molar-refractivity contribution is 6.26. The minimum absolute atomic E-state index is 0.898. The Labute approximate surface area is 277 Å². The van der Waals surface area contributed by atoms with E-state index in [1.807, 2.05) is 6.07 Å². The number of fused-ring (bicyclic) bond motifs is 10. The van der Waals surface area contributed by atoms with E-state index >= 15 is 0 Å². The maximum absolute atomic E-state index is 6.71. The number of benzene rings is 9. The van der Waals surface area contributed by atoms with Crippen LogP contribution < -0.4 is 4.90 Å². The average molecular weight is 612 g/mol. The van der Waals surface area contributed by atoms with E-state index in [4.69, 9.17) is 4.42 Å². The molecular formula is C46H29NO. The van der Waals surface area contributed by atoms with Gasteiger partial charge in [-0.3, -0.25) is 0 Å².